The van der Waals surface area contributed by atoms with Crippen molar-refractivity contribution in [2.45, 2.75) is 45.3 Å². The Labute approximate surface area is 121 Å². The van der Waals surface area contributed by atoms with Crippen LogP contribution in [-0.2, 0) is 9.47 Å². The topological polar surface area (TPSA) is 38.7 Å². The number of aliphatic hydroxyl groups is 1. The molecular formula is C13H26Cl2O3. The van der Waals surface area contributed by atoms with E-state index >= 15 is 0 Å². The summed E-state index contributed by atoms with van der Waals surface area (Å²) in [7, 11) is 0. The van der Waals surface area contributed by atoms with Gasteiger partial charge < -0.3 is 14.6 Å². The summed E-state index contributed by atoms with van der Waals surface area (Å²) in [5, 5.41) is 9.28. The molecule has 0 aromatic rings. The van der Waals surface area contributed by atoms with E-state index in [-0.39, 0.29) is 18.6 Å². The van der Waals surface area contributed by atoms with E-state index in [0.29, 0.717) is 18.4 Å². The highest BCUT2D eigenvalue weighted by Gasteiger charge is 2.12. The van der Waals surface area contributed by atoms with Crippen molar-refractivity contribution in [2.24, 2.45) is 5.92 Å². The minimum atomic E-state index is -0.638. The van der Waals surface area contributed by atoms with Gasteiger partial charge in [-0.05, 0) is 12.3 Å². The molecule has 0 spiro atoms. The summed E-state index contributed by atoms with van der Waals surface area (Å²) >= 11 is 11.3. The summed E-state index contributed by atoms with van der Waals surface area (Å²) in [4.78, 5) is 0. The zero-order chi connectivity index (χ0) is 13.8. The van der Waals surface area contributed by atoms with Crippen molar-refractivity contribution >= 4 is 23.2 Å². The average molecular weight is 301 g/mol. The van der Waals surface area contributed by atoms with Gasteiger partial charge in [-0.15, -0.1) is 23.2 Å². The summed E-state index contributed by atoms with van der Waals surface area (Å²) < 4.78 is 11.1. The van der Waals surface area contributed by atoms with Gasteiger partial charge in [-0.25, -0.2) is 0 Å². The lowest BCUT2D eigenvalue weighted by molar-refractivity contribution is -0.0403. The Morgan fingerprint density at radius 1 is 1.06 bits per heavy atom. The van der Waals surface area contributed by atoms with Gasteiger partial charge in [0.2, 0.25) is 0 Å². The first kappa shape index (κ1) is 18.5. The molecular weight excluding hydrogens is 275 g/mol. The molecule has 3 unspecified atom stereocenters. The predicted molar refractivity (Wildman–Crippen MR) is 76.7 cm³/mol. The number of hydrogen-bond acceptors (Lipinski definition) is 3. The molecule has 3 atom stereocenters. The van der Waals surface area contributed by atoms with Gasteiger partial charge >= 0.3 is 0 Å². The number of hydrogen-bond donors (Lipinski definition) is 1. The molecule has 0 rings (SSSR count). The molecule has 0 saturated carbocycles. The minimum Gasteiger partial charge on any atom is -0.389 e. The zero-order valence-electron chi connectivity index (χ0n) is 11.4. The first-order valence-electron chi connectivity index (χ1n) is 6.67. The van der Waals surface area contributed by atoms with Gasteiger partial charge in [-0.1, -0.05) is 26.7 Å². The highest BCUT2D eigenvalue weighted by Crippen LogP contribution is 2.11. The third kappa shape index (κ3) is 9.40. The van der Waals surface area contributed by atoms with Gasteiger partial charge in [0.1, 0.15) is 0 Å². The van der Waals surface area contributed by atoms with Crippen LogP contribution < -0.4 is 0 Å². The molecule has 0 aromatic heterocycles. The number of ether oxygens (including phenoxy) is 2. The Morgan fingerprint density at radius 2 is 1.78 bits per heavy atom. The van der Waals surface area contributed by atoms with E-state index in [0.717, 1.165) is 13.0 Å². The van der Waals surface area contributed by atoms with Gasteiger partial charge in [0.25, 0.3) is 0 Å². The third-order valence-corrected chi connectivity index (χ3v) is 3.51. The molecule has 0 aromatic carbocycles. The van der Waals surface area contributed by atoms with Crippen molar-refractivity contribution < 1.29 is 14.6 Å². The van der Waals surface area contributed by atoms with E-state index in [4.69, 9.17) is 32.7 Å². The van der Waals surface area contributed by atoms with E-state index < -0.39 is 6.10 Å². The molecule has 5 heteroatoms. The molecule has 0 radical (unpaired) electrons. The maximum Gasteiger partial charge on any atom is 0.0944 e. The SMILES string of the molecule is CCCC(CC)COCC(CCl)OCC(O)CCl. The number of halogens is 2. The largest absolute Gasteiger partial charge is 0.389 e. The molecule has 110 valence electrons. The van der Waals surface area contributed by atoms with Crippen LogP contribution >= 0.6 is 23.2 Å². The first-order chi connectivity index (χ1) is 8.67. The second kappa shape index (κ2) is 12.5. The molecule has 0 amide bonds. The molecule has 0 fully saturated rings. The summed E-state index contributed by atoms with van der Waals surface area (Å²) in [6, 6.07) is 0. The van der Waals surface area contributed by atoms with Crippen LogP contribution in [-0.4, -0.2) is 48.9 Å². The molecule has 0 aliphatic carbocycles. The van der Waals surface area contributed by atoms with E-state index in [1.165, 1.54) is 12.8 Å². The smallest absolute Gasteiger partial charge is 0.0944 e. The summed E-state index contributed by atoms with van der Waals surface area (Å²) in [6.07, 6.45) is 2.68. The van der Waals surface area contributed by atoms with E-state index in [1.807, 2.05) is 0 Å². The molecule has 0 saturated heterocycles. The predicted octanol–water partition coefficient (Wildman–Crippen LogP) is 3.05. The van der Waals surface area contributed by atoms with Crippen molar-refractivity contribution in [3.05, 3.63) is 0 Å². The fourth-order valence-corrected chi connectivity index (χ4v) is 1.88. The maximum atomic E-state index is 9.28. The molecule has 0 bridgehead atoms. The molecule has 1 N–H and O–H groups in total. The number of rotatable bonds is 12. The lowest BCUT2D eigenvalue weighted by atomic mass is 10.0. The molecule has 0 aliphatic heterocycles. The Morgan fingerprint density at radius 3 is 2.28 bits per heavy atom. The molecule has 0 heterocycles. The van der Waals surface area contributed by atoms with Gasteiger partial charge in [-0.3, -0.25) is 0 Å². The van der Waals surface area contributed by atoms with E-state index in [2.05, 4.69) is 13.8 Å². The molecule has 18 heavy (non-hydrogen) atoms. The van der Waals surface area contributed by atoms with Crippen molar-refractivity contribution in [3.63, 3.8) is 0 Å². The first-order valence-corrected chi connectivity index (χ1v) is 7.74. The van der Waals surface area contributed by atoms with Crippen molar-refractivity contribution in [1.29, 1.82) is 0 Å². The van der Waals surface area contributed by atoms with Crippen LogP contribution in [0.1, 0.15) is 33.1 Å². The Bertz CT molecular complexity index is 182. The van der Waals surface area contributed by atoms with Crippen LogP contribution in [0.2, 0.25) is 0 Å². The Balaban J connectivity index is 3.71. The van der Waals surface area contributed by atoms with Crippen LogP contribution in [0.25, 0.3) is 0 Å². The standard InChI is InChI=1S/C13H26Cl2O3/c1-3-5-11(4-2)8-17-10-13(7-15)18-9-12(16)6-14/h11-13,16H,3-10H2,1-2H3. The van der Waals surface area contributed by atoms with Crippen LogP contribution in [0, 0.1) is 5.92 Å². The minimum absolute atomic E-state index is 0.171. The van der Waals surface area contributed by atoms with Gasteiger partial charge in [-0.2, -0.15) is 0 Å². The Kier molecular flexibility index (Phi) is 12.8. The van der Waals surface area contributed by atoms with Gasteiger partial charge in [0, 0.05) is 6.61 Å². The fourth-order valence-electron chi connectivity index (χ4n) is 1.61. The second-order valence-electron chi connectivity index (χ2n) is 4.52. The zero-order valence-corrected chi connectivity index (χ0v) is 12.9. The van der Waals surface area contributed by atoms with Gasteiger partial charge in [0.15, 0.2) is 0 Å². The van der Waals surface area contributed by atoms with Crippen LogP contribution in [0.5, 0.6) is 0 Å². The Hall–Kier alpha value is 0.460. The summed E-state index contributed by atoms with van der Waals surface area (Å²) in [5.74, 6) is 1.14. The van der Waals surface area contributed by atoms with E-state index in [1.54, 1.807) is 0 Å². The number of aliphatic hydroxyl groups excluding tert-OH is 1. The molecule has 3 nitrogen and oxygen atoms in total. The van der Waals surface area contributed by atoms with Crippen LogP contribution in [0.4, 0.5) is 0 Å². The van der Waals surface area contributed by atoms with E-state index in [9.17, 15) is 5.11 Å². The lowest BCUT2D eigenvalue weighted by Crippen LogP contribution is -2.28. The highest BCUT2D eigenvalue weighted by molar-refractivity contribution is 6.18. The second-order valence-corrected chi connectivity index (χ2v) is 5.14. The third-order valence-electron chi connectivity index (χ3n) is 2.81. The monoisotopic (exact) mass is 300 g/mol. The maximum absolute atomic E-state index is 9.28. The normalized spacial score (nSPS) is 16.5. The lowest BCUT2D eigenvalue weighted by Gasteiger charge is -2.19. The quantitative estimate of drug-likeness (QED) is 0.563. The highest BCUT2D eigenvalue weighted by atomic mass is 35.5. The van der Waals surface area contributed by atoms with Crippen molar-refractivity contribution in [3.8, 4) is 0 Å². The number of alkyl halides is 2. The van der Waals surface area contributed by atoms with Gasteiger partial charge in [0.05, 0.1) is 37.2 Å². The summed E-state index contributed by atoms with van der Waals surface area (Å²) in [6.45, 7) is 5.78. The van der Waals surface area contributed by atoms with Crippen LogP contribution in [0.15, 0.2) is 0 Å². The summed E-state index contributed by atoms with van der Waals surface area (Å²) in [5.41, 5.74) is 0. The van der Waals surface area contributed by atoms with Crippen molar-refractivity contribution in [2.75, 3.05) is 31.6 Å². The van der Waals surface area contributed by atoms with Crippen LogP contribution in [0.3, 0.4) is 0 Å². The molecule has 0 aliphatic rings. The fraction of sp³-hybridized carbons (Fsp3) is 1.00. The van der Waals surface area contributed by atoms with Crippen molar-refractivity contribution in [1.82, 2.24) is 0 Å². The average Bonchev–Trinajstić information content (AvgIpc) is 2.40.